The van der Waals surface area contributed by atoms with Crippen molar-refractivity contribution in [3.05, 3.63) is 71.7 Å². The molecular weight excluding hydrogens is 413 g/mol. The summed E-state index contributed by atoms with van der Waals surface area (Å²) < 4.78 is 5.34. The van der Waals surface area contributed by atoms with E-state index >= 15 is 0 Å². The number of nitrogens with one attached hydrogen (secondary N) is 2. The van der Waals surface area contributed by atoms with Gasteiger partial charge in [0.15, 0.2) is 5.96 Å². The Bertz CT molecular complexity index is 650. The number of benzene rings is 1. The highest BCUT2D eigenvalue weighted by Crippen LogP contribution is 2.05. The number of rotatable bonds is 7. The maximum absolute atomic E-state index is 5.34. The first-order chi connectivity index (χ1) is 11.1. The molecule has 0 amide bonds. The molecule has 1 heterocycles. The third-order valence-corrected chi connectivity index (χ3v) is 3.30. The maximum atomic E-state index is 5.34. The lowest BCUT2D eigenvalue weighted by Crippen LogP contribution is -2.39. The van der Waals surface area contributed by atoms with Gasteiger partial charge < -0.3 is 15.1 Å². The number of hydrogen-bond acceptors (Lipinski definition) is 2. The van der Waals surface area contributed by atoms with Gasteiger partial charge in [-0.15, -0.1) is 24.0 Å². The van der Waals surface area contributed by atoms with Crippen molar-refractivity contribution in [3.8, 4) is 0 Å². The first-order valence-electron chi connectivity index (χ1n) is 7.88. The van der Waals surface area contributed by atoms with Gasteiger partial charge in [0.05, 0.1) is 12.8 Å². The van der Waals surface area contributed by atoms with Gasteiger partial charge in [-0.25, -0.2) is 4.99 Å². The fraction of sp³-hybridized carbons (Fsp3) is 0.316. The Morgan fingerprint density at radius 3 is 2.71 bits per heavy atom. The van der Waals surface area contributed by atoms with E-state index in [1.54, 1.807) is 6.26 Å². The molecule has 0 bridgehead atoms. The molecule has 1 aromatic carbocycles. The van der Waals surface area contributed by atoms with Crippen molar-refractivity contribution in [3.63, 3.8) is 0 Å². The first-order valence-corrected chi connectivity index (χ1v) is 7.88. The highest BCUT2D eigenvalue weighted by atomic mass is 127. The van der Waals surface area contributed by atoms with E-state index in [9.17, 15) is 0 Å². The van der Waals surface area contributed by atoms with Crippen molar-refractivity contribution >= 4 is 29.9 Å². The second kappa shape index (κ2) is 10.9. The molecule has 0 atom stereocenters. The predicted molar refractivity (Wildman–Crippen MR) is 111 cm³/mol. The lowest BCUT2D eigenvalue weighted by atomic mass is 10.1. The Labute approximate surface area is 161 Å². The number of hydrogen-bond donors (Lipinski definition) is 2. The largest absolute Gasteiger partial charge is 0.469 e. The molecule has 0 spiro atoms. The molecule has 0 aliphatic carbocycles. The lowest BCUT2D eigenvalue weighted by Gasteiger charge is -2.12. The highest BCUT2D eigenvalue weighted by Gasteiger charge is 2.01. The van der Waals surface area contributed by atoms with Crippen molar-refractivity contribution in [2.75, 3.05) is 13.1 Å². The molecule has 0 saturated heterocycles. The Kier molecular flexibility index (Phi) is 9.22. The van der Waals surface area contributed by atoms with Gasteiger partial charge in [0.25, 0.3) is 0 Å². The molecule has 24 heavy (non-hydrogen) atoms. The van der Waals surface area contributed by atoms with Crippen LogP contribution in [0.15, 0.2) is 64.2 Å². The third-order valence-electron chi connectivity index (χ3n) is 3.30. The average molecular weight is 439 g/mol. The molecule has 2 aromatic rings. The topological polar surface area (TPSA) is 49.6 Å². The summed E-state index contributed by atoms with van der Waals surface area (Å²) in [6, 6.07) is 12.3. The zero-order chi connectivity index (χ0) is 16.5. The number of aryl methyl sites for hydroxylation is 1. The second-order valence-electron chi connectivity index (χ2n) is 5.72. The molecule has 1 aromatic heterocycles. The predicted octanol–water partition coefficient (Wildman–Crippen LogP) is 4.06. The van der Waals surface area contributed by atoms with Crippen LogP contribution in [0, 0.1) is 6.92 Å². The molecule has 5 heteroatoms. The van der Waals surface area contributed by atoms with Crippen LogP contribution < -0.4 is 10.6 Å². The zero-order valence-corrected chi connectivity index (χ0v) is 16.7. The van der Waals surface area contributed by atoms with Crippen LogP contribution >= 0.6 is 24.0 Å². The summed E-state index contributed by atoms with van der Waals surface area (Å²) in [7, 11) is 0. The molecular formula is C19H26IN3O. The van der Waals surface area contributed by atoms with E-state index in [1.165, 1.54) is 11.1 Å². The van der Waals surface area contributed by atoms with Crippen molar-refractivity contribution in [1.29, 1.82) is 0 Å². The molecule has 4 nitrogen and oxygen atoms in total. The zero-order valence-electron chi connectivity index (χ0n) is 14.3. The van der Waals surface area contributed by atoms with E-state index in [-0.39, 0.29) is 24.0 Å². The van der Waals surface area contributed by atoms with Crippen LogP contribution in [0.3, 0.4) is 0 Å². The molecule has 130 valence electrons. The second-order valence-corrected chi connectivity index (χ2v) is 5.72. The molecule has 0 aliphatic rings. The minimum atomic E-state index is 0. The molecule has 0 unspecified atom stereocenters. The van der Waals surface area contributed by atoms with E-state index in [0.717, 1.165) is 30.3 Å². The number of halogens is 1. The number of nitrogens with zero attached hydrogens (tertiary/aromatic N) is 1. The monoisotopic (exact) mass is 439 g/mol. The summed E-state index contributed by atoms with van der Waals surface area (Å²) in [4.78, 5) is 4.65. The molecule has 0 fully saturated rings. The van der Waals surface area contributed by atoms with E-state index in [4.69, 9.17) is 4.42 Å². The summed E-state index contributed by atoms with van der Waals surface area (Å²) in [5, 5.41) is 6.63. The van der Waals surface area contributed by atoms with Gasteiger partial charge in [-0.3, -0.25) is 0 Å². The van der Waals surface area contributed by atoms with Crippen molar-refractivity contribution < 1.29 is 4.42 Å². The Hall–Kier alpha value is -1.76. The molecule has 2 N–H and O–H groups in total. The van der Waals surface area contributed by atoms with Crippen LogP contribution in [-0.4, -0.2) is 19.0 Å². The summed E-state index contributed by atoms with van der Waals surface area (Å²) >= 11 is 0. The average Bonchev–Trinajstić information content (AvgIpc) is 3.02. The number of furan rings is 1. The quantitative estimate of drug-likeness (QED) is 0.296. The van der Waals surface area contributed by atoms with E-state index < -0.39 is 0 Å². The van der Waals surface area contributed by atoms with E-state index in [2.05, 4.69) is 53.4 Å². The van der Waals surface area contributed by atoms with E-state index in [0.29, 0.717) is 13.1 Å². The lowest BCUT2D eigenvalue weighted by molar-refractivity contribution is 0.507. The van der Waals surface area contributed by atoms with Crippen LogP contribution in [0.1, 0.15) is 23.8 Å². The highest BCUT2D eigenvalue weighted by molar-refractivity contribution is 14.0. The maximum Gasteiger partial charge on any atom is 0.191 e. The Morgan fingerprint density at radius 2 is 2.04 bits per heavy atom. The van der Waals surface area contributed by atoms with Gasteiger partial charge in [-0.05, 0) is 31.5 Å². The van der Waals surface area contributed by atoms with Gasteiger partial charge in [0.2, 0.25) is 0 Å². The minimum Gasteiger partial charge on any atom is -0.469 e. The normalized spacial score (nSPS) is 10.8. The van der Waals surface area contributed by atoms with Gasteiger partial charge in [-0.1, -0.05) is 42.0 Å². The number of aliphatic imine (C=N–C) groups is 1. The van der Waals surface area contributed by atoms with Gasteiger partial charge in [-0.2, -0.15) is 0 Å². The first kappa shape index (κ1) is 20.3. The minimum absolute atomic E-state index is 0. The van der Waals surface area contributed by atoms with Crippen LogP contribution in [0.4, 0.5) is 0 Å². The van der Waals surface area contributed by atoms with Crippen LogP contribution in [-0.2, 0) is 13.0 Å². The Balaban J connectivity index is 0.00000288. The van der Waals surface area contributed by atoms with Crippen molar-refractivity contribution in [2.45, 2.75) is 26.8 Å². The van der Waals surface area contributed by atoms with Crippen molar-refractivity contribution in [2.24, 2.45) is 4.99 Å². The summed E-state index contributed by atoms with van der Waals surface area (Å²) in [6.45, 7) is 10.1. The summed E-state index contributed by atoms with van der Waals surface area (Å²) in [5.74, 6) is 1.76. The molecule has 0 saturated carbocycles. The van der Waals surface area contributed by atoms with Gasteiger partial charge >= 0.3 is 0 Å². The fourth-order valence-electron chi connectivity index (χ4n) is 2.15. The fourth-order valence-corrected chi connectivity index (χ4v) is 2.15. The van der Waals surface area contributed by atoms with Gasteiger partial charge in [0, 0.05) is 19.5 Å². The standard InChI is InChI=1S/C19H25N3O.HI/c1-15(2)13-21-19(20-10-9-18-8-5-11-23-18)22-14-17-7-4-6-16(3)12-17;/h4-8,11-12H,1,9-10,13-14H2,2-3H3,(H2,20,21,22);1H. The smallest absolute Gasteiger partial charge is 0.191 e. The van der Waals surface area contributed by atoms with Gasteiger partial charge in [0.1, 0.15) is 5.76 Å². The van der Waals surface area contributed by atoms with Crippen LogP contribution in [0.5, 0.6) is 0 Å². The SMILES string of the molecule is C=C(C)CNC(=NCc1cccc(C)c1)NCCc1ccco1.I. The summed E-state index contributed by atoms with van der Waals surface area (Å²) in [6.07, 6.45) is 2.52. The molecule has 0 aliphatic heterocycles. The molecule has 0 radical (unpaired) electrons. The van der Waals surface area contributed by atoms with Crippen LogP contribution in [0.2, 0.25) is 0 Å². The Morgan fingerprint density at radius 1 is 1.21 bits per heavy atom. The van der Waals surface area contributed by atoms with Crippen LogP contribution in [0.25, 0.3) is 0 Å². The molecule has 2 rings (SSSR count). The number of guanidine groups is 1. The summed E-state index contributed by atoms with van der Waals surface area (Å²) in [5.41, 5.74) is 3.52. The third kappa shape index (κ3) is 7.68. The van der Waals surface area contributed by atoms with E-state index in [1.807, 2.05) is 19.1 Å². The van der Waals surface area contributed by atoms with Crippen molar-refractivity contribution in [1.82, 2.24) is 10.6 Å².